The molecule has 4 heteroatoms. The van der Waals surface area contributed by atoms with Crippen LogP contribution in [-0.4, -0.2) is 24.7 Å². The summed E-state index contributed by atoms with van der Waals surface area (Å²) in [4.78, 5) is 4.33. The third kappa shape index (κ3) is 2.65. The lowest BCUT2D eigenvalue weighted by molar-refractivity contribution is 0.250. The molecule has 96 valence electrons. The summed E-state index contributed by atoms with van der Waals surface area (Å²) in [6.45, 7) is 3.08. The van der Waals surface area contributed by atoms with Gasteiger partial charge in [0.1, 0.15) is 0 Å². The Hall–Kier alpha value is -1.13. The minimum atomic E-state index is 0.764. The number of rotatable bonds is 4. The molecule has 3 nitrogen and oxygen atoms in total. The van der Waals surface area contributed by atoms with Gasteiger partial charge in [-0.3, -0.25) is 0 Å². The zero-order valence-corrected chi connectivity index (χ0v) is 11.2. The number of aromatic nitrogens is 1. The summed E-state index contributed by atoms with van der Waals surface area (Å²) in [5.41, 5.74) is 0. The summed E-state index contributed by atoms with van der Waals surface area (Å²) < 4.78 is 7.10. The second kappa shape index (κ2) is 5.67. The minimum absolute atomic E-state index is 0.764. The van der Waals surface area contributed by atoms with Crippen molar-refractivity contribution >= 4 is 21.4 Å². The van der Waals surface area contributed by atoms with Gasteiger partial charge in [-0.05, 0) is 55.8 Å². The van der Waals surface area contributed by atoms with Gasteiger partial charge in [0.05, 0.1) is 12.0 Å². The molecule has 1 aliphatic heterocycles. The summed E-state index contributed by atoms with van der Waals surface area (Å²) >= 11 is 1.73. The van der Waals surface area contributed by atoms with Gasteiger partial charge >= 0.3 is 0 Å². The number of fused-ring (bicyclic) bond motifs is 1. The molecule has 0 aromatic carbocycles. The number of thiophene rings is 1. The van der Waals surface area contributed by atoms with E-state index in [-0.39, 0.29) is 0 Å². The van der Waals surface area contributed by atoms with E-state index in [1.54, 1.807) is 11.3 Å². The van der Waals surface area contributed by atoms with Crippen molar-refractivity contribution in [1.29, 1.82) is 0 Å². The fourth-order valence-electron chi connectivity index (χ4n) is 2.48. The molecule has 0 aliphatic carbocycles. The summed E-state index contributed by atoms with van der Waals surface area (Å²) in [5, 5.41) is 6.67. The lowest BCUT2D eigenvalue weighted by Gasteiger charge is -2.22. The van der Waals surface area contributed by atoms with Gasteiger partial charge in [-0.2, -0.15) is 0 Å². The number of ether oxygens (including phenoxy) is 1. The maximum atomic E-state index is 5.85. The molecular weight excluding hydrogens is 244 g/mol. The highest BCUT2D eigenvalue weighted by molar-refractivity contribution is 7.17. The Morgan fingerprint density at radius 3 is 3.33 bits per heavy atom. The first-order chi connectivity index (χ1) is 8.93. The van der Waals surface area contributed by atoms with E-state index in [4.69, 9.17) is 4.74 Å². The average molecular weight is 262 g/mol. The first kappa shape index (κ1) is 11.9. The van der Waals surface area contributed by atoms with Gasteiger partial charge in [0.25, 0.3) is 0 Å². The smallest absolute Gasteiger partial charge is 0.222 e. The highest BCUT2D eigenvalue weighted by Crippen LogP contribution is 2.27. The summed E-state index contributed by atoms with van der Waals surface area (Å²) in [6.07, 6.45) is 5.57. The van der Waals surface area contributed by atoms with E-state index in [9.17, 15) is 0 Å². The Labute approximate surface area is 111 Å². The van der Waals surface area contributed by atoms with Gasteiger partial charge < -0.3 is 10.1 Å². The number of hydrogen-bond donors (Lipinski definition) is 1. The van der Waals surface area contributed by atoms with Crippen molar-refractivity contribution in [2.45, 2.75) is 19.3 Å². The molecule has 0 amide bonds. The molecule has 1 aliphatic rings. The molecule has 18 heavy (non-hydrogen) atoms. The first-order valence-corrected chi connectivity index (χ1v) is 7.47. The van der Waals surface area contributed by atoms with E-state index in [2.05, 4.69) is 21.7 Å². The molecule has 0 radical (unpaired) electrons. The molecular formula is C14H18N2OS. The average Bonchev–Trinajstić information content (AvgIpc) is 2.89. The van der Waals surface area contributed by atoms with Crippen molar-refractivity contribution in [3.8, 4) is 5.88 Å². The number of hydrogen-bond acceptors (Lipinski definition) is 4. The lowest BCUT2D eigenvalue weighted by Crippen LogP contribution is -2.30. The molecule has 2 aromatic heterocycles. The molecule has 2 aromatic rings. The third-order valence-corrected chi connectivity index (χ3v) is 4.39. The summed E-state index contributed by atoms with van der Waals surface area (Å²) in [5.74, 6) is 1.55. The van der Waals surface area contributed by atoms with Crippen molar-refractivity contribution in [3.63, 3.8) is 0 Å². The van der Waals surface area contributed by atoms with Gasteiger partial charge in [-0.15, -0.1) is 11.3 Å². The Bertz CT molecular complexity index is 505. The lowest BCUT2D eigenvalue weighted by atomic mass is 9.97. The van der Waals surface area contributed by atoms with Crippen molar-refractivity contribution < 1.29 is 4.74 Å². The van der Waals surface area contributed by atoms with E-state index in [1.807, 2.05) is 12.3 Å². The Balaban J connectivity index is 1.57. The molecule has 3 heterocycles. The third-order valence-electron chi connectivity index (χ3n) is 3.51. The second-order valence-electron chi connectivity index (χ2n) is 4.80. The molecule has 3 rings (SSSR count). The molecule has 0 saturated carbocycles. The zero-order chi connectivity index (χ0) is 12.2. The van der Waals surface area contributed by atoms with Crippen LogP contribution >= 0.6 is 11.3 Å². The van der Waals surface area contributed by atoms with Gasteiger partial charge in [0.15, 0.2) is 0 Å². The van der Waals surface area contributed by atoms with Crippen molar-refractivity contribution in [2.24, 2.45) is 5.92 Å². The predicted molar refractivity (Wildman–Crippen MR) is 75.3 cm³/mol. The minimum Gasteiger partial charge on any atom is -0.477 e. The number of pyridine rings is 1. The van der Waals surface area contributed by atoms with Crippen LogP contribution in [0.15, 0.2) is 23.7 Å². The van der Waals surface area contributed by atoms with Crippen molar-refractivity contribution in [2.75, 3.05) is 19.7 Å². The molecule has 1 unspecified atom stereocenters. The van der Waals surface area contributed by atoms with E-state index < -0.39 is 0 Å². The predicted octanol–water partition coefficient (Wildman–Crippen LogP) is 3.06. The van der Waals surface area contributed by atoms with Crippen LogP contribution in [0.4, 0.5) is 0 Å². The van der Waals surface area contributed by atoms with E-state index in [1.165, 1.54) is 24.1 Å². The fraction of sp³-hybridized carbons (Fsp3) is 0.500. The molecule has 0 spiro atoms. The van der Waals surface area contributed by atoms with Crippen LogP contribution < -0.4 is 10.1 Å². The van der Waals surface area contributed by atoms with Crippen LogP contribution in [0.25, 0.3) is 10.1 Å². The van der Waals surface area contributed by atoms with Gasteiger partial charge in [0, 0.05) is 10.9 Å². The van der Waals surface area contributed by atoms with Crippen molar-refractivity contribution in [3.05, 3.63) is 23.7 Å². The topological polar surface area (TPSA) is 34.1 Å². The van der Waals surface area contributed by atoms with Crippen LogP contribution in [0, 0.1) is 5.92 Å². The summed E-state index contributed by atoms with van der Waals surface area (Å²) in [6, 6.07) is 4.13. The van der Waals surface area contributed by atoms with E-state index in [0.29, 0.717) is 0 Å². The fourth-order valence-corrected chi connectivity index (χ4v) is 3.25. The number of piperidine rings is 1. The zero-order valence-electron chi connectivity index (χ0n) is 10.4. The van der Waals surface area contributed by atoms with Crippen LogP contribution in [-0.2, 0) is 0 Å². The van der Waals surface area contributed by atoms with Crippen LogP contribution in [0.1, 0.15) is 19.3 Å². The van der Waals surface area contributed by atoms with Gasteiger partial charge in [-0.1, -0.05) is 0 Å². The van der Waals surface area contributed by atoms with Crippen LogP contribution in [0.3, 0.4) is 0 Å². The highest BCUT2D eigenvalue weighted by atomic mass is 32.1. The standard InChI is InChI=1S/C14H18N2OS/c1-2-11(10-15-6-1)4-8-17-14-12-5-9-18-13(12)3-7-16-14/h3,5,7,9,11,15H,1-2,4,6,8,10H2. The maximum Gasteiger partial charge on any atom is 0.222 e. The number of nitrogens with one attached hydrogen (secondary N) is 1. The maximum absolute atomic E-state index is 5.85. The van der Waals surface area contributed by atoms with Crippen molar-refractivity contribution in [1.82, 2.24) is 10.3 Å². The monoisotopic (exact) mass is 262 g/mol. The summed E-state index contributed by atoms with van der Waals surface area (Å²) in [7, 11) is 0. The molecule has 1 fully saturated rings. The molecule has 1 atom stereocenters. The molecule has 0 bridgehead atoms. The Kier molecular flexibility index (Phi) is 3.76. The Morgan fingerprint density at radius 1 is 1.44 bits per heavy atom. The van der Waals surface area contributed by atoms with Gasteiger partial charge in [-0.25, -0.2) is 4.98 Å². The number of nitrogens with zero attached hydrogens (tertiary/aromatic N) is 1. The molecule has 1 N–H and O–H groups in total. The van der Waals surface area contributed by atoms with Gasteiger partial charge in [0.2, 0.25) is 5.88 Å². The quantitative estimate of drug-likeness (QED) is 0.919. The Morgan fingerprint density at radius 2 is 2.44 bits per heavy atom. The van der Waals surface area contributed by atoms with E-state index >= 15 is 0 Å². The molecule has 1 saturated heterocycles. The normalized spacial score (nSPS) is 20.1. The van der Waals surface area contributed by atoms with Crippen LogP contribution in [0.2, 0.25) is 0 Å². The van der Waals surface area contributed by atoms with Crippen LogP contribution in [0.5, 0.6) is 5.88 Å². The largest absolute Gasteiger partial charge is 0.477 e. The van der Waals surface area contributed by atoms with E-state index in [0.717, 1.165) is 36.8 Å². The first-order valence-electron chi connectivity index (χ1n) is 6.59. The highest BCUT2D eigenvalue weighted by Gasteiger charge is 2.13. The SMILES string of the molecule is c1cc2sccc2c(OCCC2CCCNC2)n1. The second-order valence-corrected chi connectivity index (χ2v) is 5.75.